The Kier molecular flexibility index (Phi) is 7.28. The third kappa shape index (κ3) is 5.26. The van der Waals surface area contributed by atoms with Crippen molar-refractivity contribution in [3.8, 4) is 0 Å². The van der Waals surface area contributed by atoms with Gasteiger partial charge in [0.2, 0.25) is 5.91 Å². The van der Waals surface area contributed by atoms with Crippen molar-refractivity contribution in [3.63, 3.8) is 0 Å². The molecule has 3 heterocycles. The van der Waals surface area contributed by atoms with E-state index in [9.17, 15) is 14.4 Å². The van der Waals surface area contributed by atoms with Crippen LogP contribution in [0.25, 0.3) is 0 Å². The fourth-order valence-electron chi connectivity index (χ4n) is 6.47. The Bertz CT molecular complexity index is 1110. The van der Waals surface area contributed by atoms with Crippen LogP contribution in [0.4, 0.5) is 0 Å². The number of benzene rings is 1. The zero-order valence-corrected chi connectivity index (χ0v) is 21.4. The molecule has 7 nitrogen and oxygen atoms in total. The number of likely N-dealkylation sites (tertiary alicyclic amines) is 2. The molecule has 3 atom stereocenters. The Balaban J connectivity index is 1.17. The van der Waals surface area contributed by atoms with Crippen molar-refractivity contribution in [1.29, 1.82) is 0 Å². The Hall–Kier alpha value is -2.93. The first kappa shape index (κ1) is 24.8. The molecule has 2 unspecified atom stereocenters. The van der Waals surface area contributed by atoms with E-state index in [1.807, 2.05) is 23.1 Å². The second-order valence-electron chi connectivity index (χ2n) is 10.9. The molecule has 36 heavy (non-hydrogen) atoms. The molecule has 5 rings (SSSR count). The van der Waals surface area contributed by atoms with Crippen molar-refractivity contribution in [2.75, 3.05) is 32.7 Å². The lowest BCUT2D eigenvalue weighted by Crippen LogP contribution is -2.37. The van der Waals surface area contributed by atoms with E-state index in [0.717, 1.165) is 64.8 Å². The minimum absolute atomic E-state index is 0.0245. The fourth-order valence-corrected chi connectivity index (χ4v) is 6.47. The summed E-state index contributed by atoms with van der Waals surface area (Å²) in [7, 11) is 0. The van der Waals surface area contributed by atoms with Crippen LogP contribution in [0.15, 0.2) is 45.6 Å². The number of carbonyl (C=O) groups excluding carboxylic acids is 2. The number of hydrogen-bond donors (Lipinski definition) is 1. The number of hydrogen-bond acceptors (Lipinski definition) is 5. The maximum Gasteiger partial charge on any atom is 0.336 e. The minimum Gasteiger partial charge on any atom is -0.427 e. The number of nitrogens with zero attached hydrogens (tertiary/aromatic N) is 2. The van der Waals surface area contributed by atoms with E-state index in [0.29, 0.717) is 28.7 Å². The van der Waals surface area contributed by atoms with Gasteiger partial charge < -0.3 is 19.5 Å². The molecule has 0 radical (unpaired) electrons. The van der Waals surface area contributed by atoms with Gasteiger partial charge in [0.15, 0.2) is 0 Å². The molecule has 1 aromatic carbocycles. The normalized spacial score (nSPS) is 23.1. The predicted octanol–water partition coefficient (Wildman–Crippen LogP) is 3.70. The Morgan fingerprint density at radius 1 is 1.03 bits per heavy atom. The smallest absolute Gasteiger partial charge is 0.336 e. The van der Waals surface area contributed by atoms with E-state index in [1.165, 1.54) is 11.6 Å². The van der Waals surface area contributed by atoms with E-state index in [4.69, 9.17) is 4.42 Å². The number of aryl methyl sites for hydroxylation is 2. The first-order valence-corrected chi connectivity index (χ1v) is 13.4. The van der Waals surface area contributed by atoms with Gasteiger partial charge in [0.1, 0.15) is 5.76 Å². The topological polar surface area (TPSA) is 82.9 Å². The average molecular weight is 492 g/mol. The van der Waals surface area contributed by atoms with Crippen LogP contribution in [0.1, 0.15) is 65.4 Å². The van der Waals surface area contributed by atoms with Gasteiger partial charge in [0.25, 0.3) is 5.91 Å². The molecule has 2 saturated heterocycles. The molecular formula is C29H37N3O4. The molecule has 1 aromatic heterocycles. The van der Waals surface area contributed by atoms with Crippen molar-refractivity contribution in [2.45, 2.75) is 52.0 Å². The second-order valence-corrected chi connectivity index (χ2v) is 10.9. The van der Waals surface area contributed by atoms with E-state index in [2.05, 4.69) is 22.3 Å². The van der Waals surface area contributed by atoms with E-state index in [-0.39, 0.29) is 23.8 Å². The molecule has 2 aliphatic heterocycles. The van der Waals surface area contributed by atoms with Crippen molar-refractivity contribution in [2.24, 2.45) is 17.8 Å². The molecule has 2 amide bonds. The molecule has 1 N–H and O–H groups in total. The molecular weight excluding hydrogens is 454 g/mol. The summed E-state index contributed by atoms with van der Waals surface area (Å²) in [6, 6.07) is 11.7. The highest BCUT2D eigenvalue weighted by atomic mass is 16.4. The zero-order valence-electron chi connectivity index (χ0n) is 21.4. The number of rotatable bonds is 7. The molecule has 3 aliphatic rings. The monoisotopic (exact) mass is 491 g/mol. The SMILES string of the molecule is Cc1cc(=O)oc(C)c1C(=O)N1CC2CN(CCC(NC(=O)C3CCCC3)c3ccccc3)C[C@H]2C1. The van der Waals surface area contributed by atoms with Gasteiger partial charge in [-0.1, -0.05) is 43.2 Å². The lowest BCUT2D eigenvalue weighted by atomic mass is 10.0. The van der Waals surface area contributed by atoms with Gasteiger partial charge in [-0.25, -0.2) is 4.79 Å². The molecule has 3 fully saturated rings. The van der Waals surface area contributed by atoms with Gasteiger partial charge in [-0.2, -0.15) is 0 Å². The molecule has 1 saturated carbocycles. The van der Waals surface area contributed by atoms with Crippen LogP contribution in [-0.2, 0) is 4.79 Å². The van der Waals surface area contributed by atoms with Gasteiger partial charge in [-0.3, -0.25) is 9.59 Å². The first-order chi connectivity index (χ1) is 17.4. The minimum atomic E-state index is -0.413. The van der Waals surface area contributed by atoms with Crippen molar-refractivity contribution in [1.82, 2.24) is 15.1 Å². The highest BCUT2D eigenvalue weighted by Crippen LogP contribution is 2.33. The van der Waals surface area contributed by atoms with Crippen LogP contribution < -0.4 is 10.9 Å². The van der Waals surface area contributed by atoms with Crippen LogP contribution in [0, 0.1) is 31.6 Å². The summed E-state index contributed by atoms with van der Waals surface area (Å²) in [4.78, 5) is 42.1. The van der Waals surface area contributed by atoms with Crippen LogP contribution in [0.3, 0.4) is 0 Å². The lowest BCUT2D eigenvalue weighted by molar-refractivity contribution is -0.125. The Morgan fingerprint density at radius 2 is 1.69 bits per heavy atom. The molecule has 2 aromatic rings. The number of fused-ring (bicyclic) bond motifs is 1. The van der Waals surface area contributed by atoms with Crippen LogP contribution in [0.5, 0.6) is 0 Å². The largest absolute Gasteiger partial charge is 0.427 e. The summed E-state index contributed by atoms with van der Waals surface area (Å²) in [6.45, 7) is 7.81. The number of nitrogens with one attached hydrogen (secondary N) is 1. The third-order valence-electron chi connectivity index (χ3n) is 8.38. The van der Waals surface area contributed by atoms with Gasteiger partial charge in [-0.05, 0) is 56.1 Å². The summed E-state index contributed by atoms with van der Waals surface area (Å²) < 4.78 is 5.19. The molecule has 0 bridgehead atoms. The molecule has 192 valence electrons. The van der Waals surface area contributed by atoms with Gasteiger partial charge in [0.05, 0.1) is 11.6 Å². The fraction of sp³-hybridized carbons (Fsp3) is 0.552. The van der Waals surface area contributed by atoms with Crippen LogP contribution >= 0.6 is 0 Å². The first-order valence-electron chi connectivity index (χ1n) is 13.4. The third-order valence-corrected chi connectivity index (χ3v) is 8.38. The highest BCUT2D eigenvalue weighted by molar-refractivity contribution is 5.96. The second kappa shape index (κ2) is 10.6. The summed E-state index contributed by atoms with van der Waals surface area (Å²) in [5.41, 5.74) is 1.96. The Morgan fingerprint density at radius 3 is 2.33 bits per heavy atom. The average Bonchev–Trinajstić information content (AvgIpc) is 3.58. The summed E-state index contributed by atoms with van der Waals surface area (Å²) in [6.07, 6.45) is 5.20. The van der Waals surface area contributed by atoms with Crippen molar-refractivity contribution < 1.29 is 14.0 Å². The standard InChI is InChI=1S/C29H37N3O4/c1-19-14-26(33)36-20(2)27(19)29(35)32-17-23-15-31(16-24(23)18-32)13-12-25(21-8-4-3-5-9-21)30-28(34)22-10-6-7-11-22/h3-5,8-9,14,22-25H,6-7,10-13,15-18H2,1-2H3,(H,30,34)/t23-,24?,25?/m0/s1. The van der Waals surface area contributed by atoms with Crippen LogP contribution in [0.2, 0.25) is 0 Å². The van der Waals surface area contributed by atoms with Gasteiger partial charge in [0, 0.05) is 44.7 Å². The maximum absolute atomic E-state index is 13.2. The molecule has 1 aliphatic carbocycles. The van der Waals surface area contributed by atoms with Crippen LogP contribution in [-0.4, -0.2) is 54.3 Å². The summed E-state index contributed by atoms with van der Waals surface area (Å²) in [5.74, 6) is 1.64. The van der Waals surface area contributed by atoms with Crippen molar-refractivity contribution >= 4 is 11.8 Å². The summed E-state index contributed by atoms with van der Waals surface area (Å²) in [5, 5.41) is 3.35. The predicted molar refractivity (Wildman–Crippen MR) is 138 cm³/mol. The molecule has 7 heteroatoms. The van der Waals surface area contributed by atoms with E-state index < -0.39 is 5.63 Å². The molecule has 0 spiro atoms. The van der Waals surface area contributed by atoms with E-state index in [1.54, 1.807) is 13.8 Å². The number of carbonyl (C=O) groups is 2. The van der Waals surface area contributed by atoms with E-state index >= 15 is 0 Å². The van der Waals surface area contributed by atoms with Crippen molar-refractivity contribution in [3.05, 3.63) is 69.3 Å². The zero-order chi connectivity index (χ0) is 25.2. The summed E-state index contributed by atoms with van der Waals surface area (Å²) >= 11 is 0. The Labute approximate surface area is 212 Å². The quantitative estimate of drug-likeness (QED) is 0.639. The maximum atomic E-state index is 13.2. The highest BCUT2D eigenvalue weighted by Gasteiger charge is 2.42. The van der Waals surface area contributed by atoms with Gasteiger partial charge >= 0.3 is 5.63 Å². The van der Waals surface area contributed by atoms with Gasteiger partial charge in [-0.15, -0.1) is 0 Å². The number of amides is 2. The lowest BCUT2D eigenvalue weighted by Gasteiger charge is -2.26.